The van der Waals surface area contributed by atoms with Crippen molar-refractivity contribution in [2.75, 3.05) is 7.05 Å². The Hall–Kier alpha value is -0.530. The van der Waals surface area contributed by atoms with Crippen LogP contribution < -0.4 is 0 Å². The molecule has 1 saturated heterocycles. The molecule has 30 heavy (non-hydrogen) atoms. The summed E-state index contributed by atoms with van der Waals surface area (Å²) in [5.41, 5.74) is 0.911. The Morgan fingerprint density at radius 2 is 1.70 bits per heavy atom. The van der Waals surface area contributed by atoms with Crippen molar-refractivity contribution in [3.8, 4) is 0 Å². The number of likely N-dealkylation sites (tertiary alicyclic amines) is 1. The average molecular weight is 416 g/mol. The lowest BCUT2D eigenvalue weighted by Crippen LogP contribution is -2.63. The summed E-state index contributed by atoms with van der Waals surface area (Å²) < 4.78 is 0. The largest absolute Gasteiger partial charge is 0.342 e. The van der Waals surface area contributed by atoms with Crippen molar-refractivity contribution in [1.29, 1.82) is 0 Å². The predicted molar refractivity (Wildman–Crippen MR) is 126 cm³/mol. The molecule has 1 aliphatic heterocycles. The van der Waals surface area contributed by atoms with E-state index >= 15 is 0 Å². The van der Waals surface area contributed by atoms with Crippen LogP contribution in [0, 0.1) is 52.3 Å². The molecule has 0 N–H and O–H groups in total. The van der Waals surface area contributed by atoms with E-state index in [0.717, 1.165) is 54.3 Å². The summed E-state index contributed by atoms with van der Waals surface area (Å²) in [5, 5.41) is 0. The summed E-state index contributed by atoms with van der Waals surface area (Å²) in [5.74, 6) is 6.46. The topological polar surface area (TPSA) is 20.3 Å². The molecular formula is C28H49NO. The van der Waals surface area contributed by atoms with Crippen molar-refractivity contribution < 1.29 is 4.79 Å². The van der Waals surface area contributed by atoms with Gasteiger partial charge >= 0.3 is 0 Å². The third-order valence-corrected chi connectivity index (χ3v) is 11.1. The van der Waals surface area contributed by atoms with Crippen molar-refractivity contribution in [2.24, 2.45) is 52.3 Å². The van der Waals surface area contributed by atoms with Gasteiger partial charge < -0.3 is 4.90 Å². The van der Waals surface area contributed by atoms with E-state index in [1.54, 1.807) is 0 Å². The van der Waals surface area contributed by atoms with Crippen LogP contribution in [0.1, 0.15) is 106 Å². The van der Waals surface area contributed by atoms with E-state index in [1.165, 1.54) is 51.4 Å². The van der Waals surface area contributed by atoms with Crippen LogP contribution in [0.15, 0.2) is 0 Å². The van der Waals surface area contributed by atoms with Crippen LogP contribution in [0.5, 0.6) is 0 Å². The van der Waals surface area contributed by atoms with Gasteiger partial charge in [-0.2, -0.15) is 0 Å². The highest BCUT2D eigenvalue weighted by Gasteiger charge is 2.63. The third kappa shape index (κ3) is 3.47. The second-order valence-electron chi connectivity index (χ2n) is 13.1. The van der Waals surface area contributed by atoms with Gasteiger partial charge in [0.05, 0.1) is 0 Å². The summed E-state index contributed by atoms with van der Waals surface area (Å²) in [4.78, 5) is 14.6. The zero-order valence-corrected chi connectivity index (χ0v) is 21.0. The fourth-order valence-corrected chi connectivity index (χ4v) is 9.49. The summed E-state index contributed by atoms with van der Waals surface area (Å²) in [7, 11) is 2.09. The van der Waals surface area contributed by atoms with Gasteiger partial charge in [-0.25, -0.2) is 0 Å². The number of fused-ring (bicyclic) bond motifs is 5. The van der Waals surface area contributed by atoms with Crippen LogP contribution in [0.25, 0.3) is 0 Å². The van der Waals surface area contributed by atoms with Crippen LogP contribution in [-0.4, -0.2) is 23.9 Å². The third-order valence-electron chi connectivity index (χ3n) is 11.1. The van der Waals surface area contributed by atoms with Gasteiger partial charge in [0, 0.05) is 19.5 Å². The maximum atomic E-state index is 12.5. The standard InChI is InChI=1S/C28H49NO/c1-18(2)9-8-10-19(3)21-11-12-22-26-20(4)17-24-28(6,16-14-25(30)29(24)7)23(26)13-15-27(21,22)5/h18-24,26H,8-17H2,1-7H3/t19-,20+,21?,22?,23?,24?,26?,27-,28-/m1/s1. The second kappa shape index (κ2) is 8.11. The summed E-state index contributed by atoms with van der Waals surface area (Å²) in [6.45, 7) is 15.1. The highest BCUT2D eigenvalue weighted by Crippen LogP contribution is 2.68. The van der Waals surface area contributed by atoms with Crippen molar-refractivity contribution in [3.63, 3.8) is 0 Å². The molecule has 5 unspecified atom stereocenters. The van der Waals surface area contributed by atoms with Gasteiger partial charge in [-0.1, -0.05) is 60.8 Å². The zero-order valence-electron chi connectivity index (χ0n) is 21.0. The van der Waals surface area contributed by atoms with Gasteiger partial charge in [-0.15, -0.1) is 0 Å². The molecule has 4 aliphatic rings. The number of rotatable bonds is 5. The Labute approximate surface area is 186 Å². The maximum absolute atomic E-state index is 12.5. The SMILES string of the molecule is CC(C)CCC[C@@H](C)C1CCC2C3C(CC[C@@]21C)[C@@]1(C)CCC(=O)N(C)C1C[C@@H]3C. The quantitative estimate of drug-likeness (QED) is 0.466. The molecule has 0 spiro atoms. The molecule has 1 heterocycles. The van der Waals surface area contributed by atoms with Crippen LogP contribution >= 0.6 is 0 Å². The minimum Gasteiger partial charge on any atom is -0.342 e. The first kappa shape index (κ1) is 22.7. The van der Waals surface area contributed by atoms with Crippen molar-refractivity contribution >= 4 is 5.91 Å². The molecule has 172 valence electrons. The van der Waals surface area contributed by atoms with Gasteiger partial charge in [0.25, 0.3) is 0 Å². The van der Waals surface area contributed by atoms with E-state index in [1.807, 2.05) is 0 Å². The molecule has 0 aromatic heterocycles. The number of amides is 1. The fraction of sp³-hybridized carbons (Fsp3) is 0.964. The van der Waals surface area contributed by atoms with Gasteiger partial charge in [0.2, 0.25) is 5.91 Å². The van der Waals surface area contributed by atoms with E-state index in [4.69, 9.17) is 0 Å². The Balaban J connectivity index is 1.53. The number of nitrogens with zero attached hydrogens (tertiary/aromatic N) is 1. The van der Waals surface area contributed by atoms with Gasteiger partial charge in [0.15, 0.2) is 0 Å². The number of hydrogen-bond acceptors (Lipinski definition) is 1. The molecule has 0 bridgehead atoms. The number of carbonyl (C=O) groups is 1. The first-order valence-electron chi connectivity index (χ1n) is 13.3. The van der Waals surface area contributed by atoms with E-state index in [2.05, 4.69) is 53.5 Å². The molecule has 2 heteroatoms. The molecule has 9 atom stereocenters. The van der Waals surface area contributed by atoms with E-state index in [0.29, 0.717) is 22.8 Å². The van der Waals surface area contributed by atoms with Crippen LogP contribution in [0.4, 0.5) is 0 Å². The molecule has 0 aromatic rings. The molecule has 1 amide bonds. The van der Waals surface area contributed by atoms with Crippen LogP contribution in [0.2, 0.25) is 0 Å². The lowest BCUT2D eigenvalue weighted by Gasteiger charge is -2.64. The molecule has 2 nitrogen and oxygen atoms in total. The molecule has 0 radical (unpaired) electrons. The Kier molecular flexibility index (Phi) is 6.12. The number of carbonyl (C=O) groups excluding carboxylic acids is 1. The predicted octanol–water partition coefficient (Wildman–Crippen LogP) is 7.17. The zero-order chi connectivity index (χ0) is 21.8. The number of piperidine rings is 1. The smallest absolute Gasteiger partial charge is 0.222 e. The first-order chi connectivity index (χ1) is 14.1. The summed E-state index contributed by atoms with van der Waals surface area (Å²) in [6, 6.07) is 0.478. The lowest BCUT2D eigenvalue weighted by molar-refractivity contribution is -0.167. The van der Waals surface area contributed by atoms with E-state index < -0.39 is 0 Å². The Bertz CT molecular complexity index is 643. The highest BCUT2D eigenvalue weighted by molar-refractivity contribution is 5.77. The van der Waals surface area contributed by atoms with Gasteiger partial charge in [-0.3, -0.25) is 4.79 Å². The van der Waals surface area contributed by atoms with E-state index in [-0.39, 0.29) is 0 Å². The normalized spacial score (nSPS) is 47.1. The minimum absolute atomic E-state index is 0.349. The Morgan fingerprint density at radius 3 is 2.40 bits per heavy atom. The minimum atomic E-state index is 0.349. The molecular weight excluding hydrogens is 366 g/mol. The van der Waals surface area contributed by atoms with Crippen molar-refractivity contribution in [1.82, 2.24) is 4.90 Å². The maximum Gasteiger partial charge on any atom is 0.222 e. The number of hydrogen-bond donors (Lipinski definition) is 0. The lowest BCUT2D eigenvalue weighted by atomic mass is 9.44. The second-order valence-corrected chi connectivity index (χ2v) is 13.1. The van der Waals surface area contributed by atoms with Crippen LogP contribution in [-0.2, 0) is 4.79 Å². The molecule has 4 fully saturated rings. The molecule has 3 aliphatic carbocycles. The van der Waals surface area contributed by atoms with Gasteiger partial charge in [0.1, 0.15) is 0 Å². The first-order valence-corrected chi connectivity index (χ1v) is 13.3. The van der Waals surface area contributed by atoms with E-state index in [9.17, 15) is 4.79 Å². The monoisotopic (exact) mass is 415 g/mol. The summed E-state index contributed by atoms with van der Waals surface area (Å²) >= 11 is 0. The summed E-state index contributed by atoms with van der Waals surface area (Å²) in [6.07, 6.45) is 13.2. The fourth-order valence-electron chi connectivity index (χ4n) is 9.49. The Morgan fingerprint density at radius 1 is 1.00 bits per heavy atom. The van der Waals surface area contributed by atoms with Gasteiger partial charge in [-0.05, 0) is 90.8 Å². The molecule has 3 saturated carbocycles. The van der Waals surface area contributed by atoms with Crippen LogP contribution in [0.3, 0.4) is 0 Å². The molecule has 4 rings (SSSR count). The average Bonchev–Trinajstić information content (AvgIpc) is 3.03. The highest BCUT2D eigenvalue weighted by atomic mass is 16.2. The van der Waals surface area contributed by atoms with Crippen molar-refractivity contribution in [2.45, 2.75) is 112 Å². The molecule has 0 aromatic carbocycles. The van der Waals surface area contributed by atoms with Crippen molar-refractivity contribution in [3.05, 3.63) is 0 Å².